The summed E-state index contributed by atoms with van der Waals surface area (Å²) in [5, 5.41) is 0.348. The molecule has 0 aliphatic rings. The van der Waals surface area contributed by atoms with Crippen molar-refractivity contribution in [3.63, 3.8) is 0 Å². The van der Waals surface area contributed by atoms with Crippen molar-refractivity contribution in [2.75, 3.05) is 11.9 Å². The summed E-state index contributed by atoms with van der Waals surface area (Å²) in [6.45, 7) is 1.90. The summed E-state index contributed by atoms with van der Waals surface area (Å²) >= 11 is 6.95. The first-order valence-corrected chi connectivity index (χ1v) is 6.17. The maximum atomic E-state index is 13.6. The third-order valence-electron chi connectivity index (χ3n) is 2.70. The SMILES string of the molecule is CC(c1ccccc1F)N(C)c1nsnc1Cl. The Morgan fingerprint density at radius 1 is 1.35 bits per heavy atom. The standard InChI is InChI=1S/C11H11ClFN3S/c1-7(8-5-3-4-6-9(8)13)16(2)11-10(12)14-17-15-11/h3-7H,1-2H3. The highest BCUT2D eigenvalue weighted by molar-refractivity contribution is 6.99. The molecular weight excluding hydrogens is 261 g/mol. The molecule has 0 amide bonds. The van der Waals surface area contributed by atoms with Crippen LogP contribution in [0.3, 0.4) is 0 Å². The van der Waals surface area contributed by atoms with E-state index in [1.54, 1.807) is 12.1 Å². The molecule has 0 spiro atoms. The molecule has 0 aliphatic carbocycles. The van der Waals surface area contributed by atoms with Gasteiger partial charge in [0.1, 0.15) is 5.82 Å². The van der Waals surface area contributed by atoms with Crippen molar-refractivity contribution in [3.05, 3.63) is 40.8 Å². The highest BCUT2D eigenvalue weighted by atomic mass is 35.5. The molecular formula is C11H11ClFN3S. The first-order valence-electron chi connectivity index (χ1n) is 5.06. The van der Waals surface area contributed by atoms with Gasteiger partial charge in [-0.15, -0.1) is 0 Å². The fourth-order valence-electron chi connectivity index (χ4n) is 1.59. The van der Waals surface area contributed by atoms with Gasteiger partial charge in [0.25, 0.3) is 0 Å². The van der Waals surface area contributed by atoms with E-state index in [2.05, 4.69) is 8.75 Å². The predicted octanol–water partition coefficient (Wildman–Crippen LogP) is 3.53. The fourth-order valence-corrected chi connectivity index (χ4v) is 2.39. The van der Waals surface area contributed by atoms with E-state index in [0.29, 0.717) is 16.5 Å². The summed E-state index contributed by atoms with van der Waals surface area (Å²) < 4.78 is 21.6. The van der Waals surface area contributed by atoms with Crippen molar-refractivity contribution in [1.82, 2.24) is 8.75 Å². The molecule has 17 heavy (non-hydrogen) atoms. The molecule has 1 unspecified atom stereocenters. The molecule has 2 aromatic rings. The Hall–Kier alpha value is -1.20. The van der Waals surface area contributed by atoms with E-state index >= 15 is 0 Å². The molecule has 0 saturated heterocycles. The van der Waals surface area contributed by atoms with Crippen LogP contribution in [-0.4, -0.2) is 15.8 Å². The molecule has 0 N–H and O–H groups in total. The van der Waals surface area contributed by atoms with E-state index < -0.39 is 0 Å². The molecule has 0 bridgehead atoms. The third kappa shape index (κ3) is 2.40. The minimum absolute atomic E-state index is 0.155. The van der Waals surface area contributed by atoms with E-state index in [0.717, 1.165) is 11.7 Å². The second-order valence-electron chi connectivity index (χ2n) is 3.69. The van der Waals surface area contributed by atoms with E-state index in [9.17, 15) is 4.39 Å². The summed E-state index contributed by atoms with van der Waals surface area (Å²) in [5.41, 5.74) is 0.610. The van der Waals surface area contributed by atoms with Crippen LogP contribution >= 0.6 is 23.3 Å². The summed E-state index contributed by atoms with van der Waals surface area (Å²) in [4.78, 5) is 1.81. The van der Waals surface area contributed by atoms with E-state index in [1.807, 2.05) is 24.9 Å². The number of nitrogens with zero attached hydrogens (tertiary/aromatic N) is 3. The Bertz CT molecular complexity index is 517. The molecule has 1 aromatic carbocycles. The lowest BCUT2D eigenvalue weighted by atomic mass is 10.1. The molecule has 6 heteroatoms. The van der Waals surface area contributed by atoms with Crippen LogP contribution in [0.15, 0.2) is 24.3 Å². The predicted molar refractivity (Wildman–Crippen MR) is 68.1 cm³/mol. The van der Waals surface area contributed by atoms with Gasteiger partial charge in [-0.25, -0.2) is 4.39 Å². The van der Waals surface area contributed by atoms with Crippen LogP contribution in [0, 0.1) is 5.82 Å². The van der Waals surface area contributed by atoms with Crippen LogP contribution in [0.25, 0.3) is 0 Å². The maximum Gasteiger partial charge on any atom is 0.187 e. The minimum Gasteiger partial charge on any atom is -0.349 e. The summed E-state index contributed by atoms with van der Waals surface area (Å²) in [6, 6.07) is 6.52. The van der Waals surface area contributed by atoms with E-state index in [1.165, 1.54) is 6.07 Å². The number of hydrogen-bond donors (Lipinski definition) is 0. The van der Waals surface area contributed by atoms with Crippen LogP contribution in [0.2, 0.25) is 5.15 Å². The van der Waals surface area contributed by atoms with Crippen molar-refractivity contribution in [3.8, 4) is 0 Å². The van der Waals surface area contributed by atoms with Gasteiger partial charge < -0.3 is 4.90 Å². The quantitative estimate of drug-likeness (QED) is 0.855. The molecule has 90 valence electrons. The first kappa shape index (κ1) is 12.3. The highest BCUT2D eigenvalue weighted by Gasteiger charge is 2.19. The number of halogens is 2. The maximum absolute atomic E-state index is 13.6. The zero-order valence-electron chi connectivity index (χ0n) is 9.39. The average Bonchev–Trinajstić information content (AvgIpc) is 2.74. The smallest absolute Gasteiger partial charge is 0.187 e. The summed E-state index contributed by atoms with van der Waals surface area (Å²) in [7, 11) is 1.82. The molecule has 0 radical (unpaired) electrons. The molecule has 1 aromatic heterocycles. The van der Waals surface area contributed by atoms with Gasteiger partial charge in [0.15, 0.2) is 11.0 Å². The normalized spacial score (nSPS) is 12.5. The largest absolute Gasteiger partial charge is 0.349 e. The van der Waals surface area contributed by atoms with Gasteiger partial charge in [-0.05, 0) is 13.0 Å². The number of rotatable bonds is 3. The van der Waals surface area contributed by atoms with Gasteiger partial charge >= 0.3 is 0 Å². The zero-order valence-corrected chi connectivity index (χ0v) is 11.0. The van der Waals surface area contributed by atoms with Crippen molar-refractivity contribution in [1.29, 1.82) is 0 Å². The Kier molecular flexibility index (Phi) is 3.59. The van der Waals surface area contributed by atoms with Gasteiger partial charge in [-0.2, -0.15) is 8.75 Å². The summed E-state index contributed by atoms with van der Waals surface area (Å²) in [5.74, 6) is 0.346. The van der Waals surface area contributed by atoms with Gasteiger partial charge in [0.2, 0.25) is 0 Å². The molecule has 1 heterocycles. The van der Waals surface area contributed by atoms with Gasteiger partial charge in [-0.3, -0.25) is 0 Å². The van der Waals surface area contributed by atoms with Crippen LogP contribution < -0.4 is 4.90 Å². The van der Waals surface area contributed by atoms with Crippen molar-refractivity contribution >= 4 is 29.1 Å². The number of anilines is 1. The second-order valence-corrected chi connectivity index (χ2v) is 4.57. The van der Waals surface area contributed by atoms with Crippen LogP contribution in [0.4, 0.5) is 10.2 Å². The number of aromatic nitrogens is 2. The molecule has 2 rings (SSSR count). The molecule has 0 fully saturated rings. The molecule has 3 nitrogen and oxygen atoms in total. The second kappa shape index (κ2) is 4.98. The van der Waals surface area contributed by atoms with Crippen LogP contribution in [0.5, 0.6) is 0 Å². The number of hydrogen-bond acceptors (Lipinski definition) is 4. The van der Waals surface area contributed by atoms with Crippen molar-refractivity contribution in [2.24, 2.45) is 0 Å². The Morgan fingerprint density at radius 2 is 2.06 bits per heavy atom. The van der Waals surface area contributed by atoms with Crippen molar-refractivity contribution in [2.45, 2.75) is 13.0 Å². The molecule has 0 saturated carbocycles. The van der Waals surface area contributed by atoms with Crippen LogP contribution in [-0.2, 0) is 0 Å². The van der Waals surface area contributed by atoms with Crippen molar-refractivity contribution < 1.29 is 4.39 Å². The first-order chi connectivity index (χ1) is 8.11. The fraction of sp³-hybridized carbons (Fsp3) is 0.273. The zero-order chi connectivity index (χ0) is 12.4. The monoisotopic (exact) mass is 271 g/mol. The van der Waals surface area contributed by atoms with Gasteiger partial charge in [0, 0.05) is 12.6 Å². The Morgan fingerprint density at radius 3 is 2.65 bits per heavy atom. The lowest BCUT2D eigenvalue weighted by molar-refractivity contribution is 0.584. The van der Waals surface area contributed by atoms with Crippen LogP contribution in [0.1, 0.15) is 18.5 Å². The highest BCUT2D eigenvalue weighted by Crippen LogP contribution is 2.30. The lowest BCUT2D eigenvalue weighted by Crippen LogP contribution is -2.23. The van der Waals surface area contributed by atoms with E-state index in [4.69, 9.17) is 11.6 Å². The summed E-state index contributed by atoms with van der Waals surface area (Å²) in [6.07, 6.45) is 0. The lowest BCUT2D eigenvalue weighted by Gasteiger charge is -2.25. The number of benzene rings is 1. The van der Waals surface area contributed by atoms with Gasteiger partial charge in [0.05, 0.1) is 17.8 Å². The topological polar surface area (TPSA) is 29.0 Å². The minimum atomic E-state index is -0.230. The van der Waals surface area contributed by atoms with Gasteiger partial charge in [-0.1, -0.05) is 29.8 Å². The average molecular weight is 272 g/mol. The Balaban J connectivity index is 2.30. The third-order valence-corrected chi connectivity index (χ3v) is 3.58. The molecule has 0 aliphatic heterocycles. The van der Waals surface area contributed by atoms with E-state index in [-0.39, 0.29) is 11.9 Å². The Labute approximate surface area is 108 Å². The molecule has 1 atom stereocenters.